The summed E-state index contributed by atoms with van der Waals surface area (Å²) in [7, 11) is 1.69. The van der Waals surface area contributed by atoms with Crippen LogP contribution in [0.4, 0.5) is 18.9 Å². The highest BCUT2D eigenvalue weighted by atomic mass is 19.4. The van der Waals surface area contributed by atoms with E-state index in [0.717, 1.165) is 18.4 Å². The predicted octanol–water partition coefficient (Wildman–Crippen LogP) is 3.72. The average Bonchev–Trinajstić information content (AvgIpc) is 2.92. The van der Waals surface area contributed by atoms with Crippen molar-refractivity contribution in [3.63, 3.8) is 0 Å². The van der Waals surface area contributed by atoms with Crippen molar-refractivity contribution in [1.29, 1.82) is 5.41 Å². The van der Waals surface area contributed by atoms with E-state index in [0.29, 0.717) is 27.8 Å². The molecule has 2 aromatic carbocycles. The number of carbonyl (C=O) groups excluding carboxylic acids is 1. The SMILES string of the molecule is Cn1nc(C(=N)Nc2ccc(OC(F)(F)F)cc2)c2ccc(C=O)cc21. The molecule has 0 spiro atoms. The Hall–Kier alpha value is -3.36. The molecular formula is C17H13F3N4O2. The van der Waals surface area contributed by atoms with Crippen LogP contribution in [0.2, 0.25) is 0 Å². The van der Waals surface area contributed by atoms with Gasteiger partial charge in [-0.15, -0.1) is 13.2 Å². The van der Waals surface area contributed by atoms with Gasteiger partial charge >= 0.3 is 6.36 Å². The van der Waals surface area contributed by atoms with Gasteiger partial charge in [-0.2, -0.15) is 5.10 Å². The monoisotopic (exact) mass is 362 g/mol. The molecule has 26 heavy (non-hydrogen) atoms. The van der Waals surface area contributed by atoms with Crippen molar-refractivity contribution in [3.05, 3.63) is 53.7 Å². The summed E-state index contributed by atoms with van der Waals surface area (Å²) in [6.07, 6.45) is -4.03. The van der Waals surface area contributed by atoms with E-state index in [2.05, 4.69) is 15.2 Å². The van der Waals surface area contributed by atoms with Crippen LogP contribution < -0.4 is 10.1 Å². The summed E-state index contributed by atoms with van der Waals surface area (Å²) >= 11 is 0. The number of aryl methyl sites for hydroxylation is 1. The standard InChI is InChI=1S/C17H13F3N4O2/c1-24-14-8-10(9-25)2-7-13(14)15(23-24)16(21)22-11-3-5-12(6-4-11)26-17(18,19)20/h2-9H,1H3,(H2,21,22). The molecule has 0 unspecified atom stereocenters. The van der Waals surface area contributed by atoms with Gasteiger partial charge in [0.25, 0.3) is 0 Å². The molecule has 0 saturated heterocycles. The zero-order valence-electron chi connectivity index (χ0n) is 13.5. The molecular weight excluding hydrogens is 349 g/mol. The van der Waals surface area contributed by atoms with Gasteiger partial charge in [0.2, 0.25) is 0 Å². The van der Waals surface area contributed by atoms with Crippen LogP contribution in [-0.4, -0.2) is 28.3 Å². The number of halogens is 3. The Morgan fingerprint density at radius 3 is 2.54 bits per heavy atom. The third-order valence-corrected chi connectivity index (χ3v) is 3.61. The van der Waals surface area contributed by atoms with E-state index in [1.54, 1.807) is 29.9 Å². The predicted molar refractivity (Wildman–Crippen MR) is 89.7 cm³/mol. The molecule has 0 aliphatic carbocycles. The molecule has 0 fully saturated rings. The first-order chi connectivity index (χ1) is 12.3. The lowest BCUT2D eigenvalue weighted by molar-refractivity contribution is -0.274. The summed E-state index contributed by atoms with van der Waals surface area (Å²) in [6.45, 7) is 0. The number of aldehydes is 1. The highest BCUT2D eigenvalue weighted by Crippen LogP contribution is 2.25. The average molecular weight is 362 g/mol. The molecule has 6 nitrogen and oxygen atoms in total. The molecule has 0 radical (unpaired) electrons. The maximum absolute atomic E-state index is 12.2. The molecule has 0 aliphatic heterocycles. The lowest BCUT2D eigenvalue weighted by atomic mass is 10.1. The number of aromatic nitrogens is 2. The van der Waals surface area contributed by atoms with Crippen molar-refractivity contribution in [2.75, 3.05) is 5.32 Å². The second-order valence-electron chi connectivity index (χ2n) is 5.44. The number of fused-ring (bicyclic) bond motifs is 1. The summed E-state index contributed by atoms with van der Waals surface area (Å²) in [5, 5.41) is 15.9. The molecule has 3 rings (SSSR count). The van der Waals surface area contributed by atoms with Gasteiger partial charge in [-0.25, -0.2) is 0 Å². The number of carbonyl (C=O) groups is 1. The number of nitrogens with one attached hydrogen (secondary N) is 2. The molecule has 1 aromatic heterocycles. The summed E-state index contributed by atoms with van der Waals surface area (Å²) in [5.41, 5.74) is 1.94. The number of nitrogens with zero attached hydrogens (tertiary/aromatic N) is 2. The molecule has 0 aliphatic rings. The van der Waals surface area contributed by atoms with Crippen molar-refractivity contribution in [3.8, 4) is 5.75 Å². The normalized spacial score (nSPS) is 11.4. The van der Waals surface area contributed by atoms with Crippen LogP contribution in [0.25, 0.3) is 10.9 Å². The van der Waals surface area contributed by atoms with Crippen LogP contribution in [0.3, 0.4) is 0 Å². The maximum atomic E-state index is 12.2. The van der Waals surface area contributed by atoms with Gasteiger partial charge < -0.3 is 10.1 Å². The first-order valence-electron chi connectivity index (χ1n) is 7.40. The number of rotatable bonds is 4. The van der Waals surface area contributed by atoms with Gasteiger partial charge in [0, 0.05) is 23.7 Å². The van der Waals surface area contributed by atoms with Gasteiger partial charge in [-0.3, -0.25) is 14.9 Å². The number of alkyl halides is 3. The highest BCUT2D eigenvalue weighted by molar-refractivity contribution is 6.13. The van der Waals surface area contributed by atoms with E-state index < -0.39 is 6.36 Å². The van der Waals surface area contributed by atoms with Crippen LogP contribution in [0.15, 0.2) is 42.5 Å². The number of hydrogen-bond donors (Lipinski definition) is 2. The van der Waals surface area contributed by atoms with Crippen molar-refractivity contribution < 1.29 is 22.7 Å². The van der Waals surface area contributed by atoms with Crippen LogP contribution >= 0.6 is 0 Å². The van der Waals surface area contributed by atoms with Crippen LogP contribution in [0.5, 0.6) is 5.75 Å². The minimum absolute atomic E-state index is 0.0288. The van der Waals surface area contributed by atoms with Gasteiger partial charge in [-0.05, 0) is 36.4 Å². The van der Waals surface area contributed by atoms with Crippen molar-refractivity contribution in [1.82, 2.24) is 9.78 Å². The zero-order chi connectivity index (χ0) is 18.9. The van der Waals surface area contributed by atoms with Crippen molar-refractivity contribution in [2.24, 2.45) is 7.05 Å². The Bertz CT molecular complexity index is 978. The number of amidine groups is 1. The van der Waals surface area contributed by atoms with Crippen LogP contribution in [0, 0.1) is 5.41 Å². The summed E-state index contributed by atoms with van der Waals surface area (Å²) < 4.78 is 41.9. The third kappa shape index (κ3) is 3.66. The number of ether oxygens (including phenoxy) is 1. The quantitative estimate of drug-likeness (QED) is 0.421. The van der Waals surface area contributed by atoms with E-state index >= 15 is 0 Å². The summed E-state index contributed by atoms with van der Waals surface area (Å²) in [5.74, 6) is -0.377. The Morgan fingerprint density at radius 1 is 1.23 bits per heavy atom. The zero-order valence-corrected chi connectivity index (χ0v) is 13.5. The fourth-order valence-corrected chi connectivity index (χ4v) is 2.48. The second kappa shape index (κ2) is 6.51. The third-order valence-electron chi connectivity index (χ3n) is 3.61. The summed E-state index contributed by atoms with van der Waals surface area (Å²) in [4.78, 5) is 10.9. The molecule has 0 bridgehead atoms. The van der Waals surface area contributed by atoms with Gasteiger partial charge in [0.15, 0.2) is 5.84 Å². The van der Waals surface area contributed by atoms with E-state index in [1.165, 1.54) is 12.1 Å². The Labute approximate surface area is 145 Å². The Morgan fingerprint density at radius 2 is 1.92 bits per heavy atom. The van der Waals surface area contributed by atoms with Crippen LogP contribution in [0.1, 0.15) is 16.1 Å². The largest absolute Gasteiger partial charge is 0.573 e. The second-order valence-corrected chi connectivity index (χ2v) is 5.44. The molecule has 1 heterocycles. The molecule has 0 saturated carbocycles. The van der Waals surface area contributed by atoms with E-state index in [4.69, 9.17) is 5.41 Å². The van der Waals surface area contributed by atoms with Crippen molar-refractivity contribution in [2.45, 2.75) is 6.36 Å². The minimum atomic E-state index is -4.76. The lowest BCUT2D eigenvalue weighted by Gasteiger charge is -2.10. The molecule has 0 amide bonds. The Balaban J connectivity index is 1.82. The van der Waals surface area contributed by atoms with Gasteiger partial charge in [-0.1, -0.05) is 6.07 Å². The fourth-order valence-electron chi connectivity index (χ4n) is 2.48. The highest BCUT2D eigenvalue weighted by Gasteiger charge is 2.30. The van der Waals surface area contributed by atoms with Crippen LogP contribution in [-0.2, 0) is 7.05 Å². The maximum Gasteiger partial charge on any atom is 0.573 e. The van der Waals surface area contributed by atoms with Crippen molar-refractivity contribution >= 4 is 28.7 Å². The van der Waals surface area contributed by atoms with Gasteiger partial charge in [0.05, 0.1) is 5.52 Å². The minimum Gasteiger partial charge on any atom is -0.406 e. The molecule has 134 valence electrons. The summed E-state index contributed by atoms with van der Waals surface area (Å²) in [6, 6.07) is 10.0. The number of benzene rings is 2. The Kier molecular flexibility index (Phi) is 4.37. The molecule has 0 atom stereocenters. The smallest absolute Gasteiger partial charge is 0.406 e. The number of hydrogen-bond acceptors (Lipinski definition) is 4. The first kappa shape index (κ1) is 17.5. The van der Waals surface area contributed by atoms with E-state index in [9.17, 15) is 18.0 Å². The molecule has 3 aromatic rings. The first-order valence-corrected chi connectivity index (χ1v) is 7.40. The molecule has 9 heteroatoms. The van der Waals surface area contributed by atoms with Gasteiger partial charge in [0.1, 0.15) is 17.7 Å². The number of anilines is 1. The van der Waals surface area contributed by atoms with E-state index in [-0.39, 0.29) is 11.6 Å². The fraction of sp³-hybridized carbons (Fsp3) is 0.118. The topological polar surface area (TPSA) is 80.0 Å². The molecule has 2 N–H and O–H groups in total. The lowest BCUT2D eigenvalue weighted by Crippen LogP contribution is -2.17. The van der Waals surface area contributed by atoms with E-state index in [1.807, 2.05) is 0 Å².